The van der Waals surface area contributed by atoms with Crippen molar-refractivity contribution in [3.05, 3.63) is 0 Å². The smallest absolute Gasteiger partial charge is 0.193 e. The molecule has 0 aromatic carbocycles. The van der Waals surface area contributed by atoms with Crippen LogP contribution in [0.1, 0.15) is 45.4 Å². The maximum Gasteiger partial charge on any atom is 0.193 e. The van der Waals surface area contributed by atoms with Crippen LogP contribution in [-0.2, 0) is 4.74 Å². The van der Waals surface area contributed by atoms with Crippen LogP contribution in [0.4, 0.5) is 0 Å². The maximum atomic E-state index is 5.36. The lowest BCUT2D eigenvalue weighted by molar-refractivity contribution is 0.145. The van der Waals surface area contributed by atoms with Crippen molar-refractivity contribution in [2.75, 3.05) is 39.9 Å². The number of aliphatic imine (C=N–C) groups is 1. The molecular weight excluding hydrogens is 365 g/mol. The number of nitrogens with zero attached hydrogens (tertiary/aromatic N) is 2. The van der Waals surface area contributed by atoms with Gasteiger partial charge in [-0.3, -0.25) is 4.99 Å². The summed E-state index contributed by atoms with van der Waals surface area (Å²) in [6, 6.07) is 0. The Morgan fingerprint density at radius 2 is 2.05 bits per heavy atom. The van der Waals surface area contributed by atoms with Crippen molar-refractivity contribution in [3.8, 4) is 0 Å². The molecule has 1 aliphatic heterocycles. The topological polar surface area (TPSA) is 36.9 Å². The van der Waals surface area contributed by atoms with Crippen LogP contribution in [0.2, 0.25) is 0 Å². The lowest BCUT2D eigenvalue weighted by atomic mass is 9.86. The number of guanidine groups is 1. The van der Waals surface area contributed by atoms with Gasteiger partial charge in [-0.2, -0.15) is 0 Å². The van der Waals surface area contributed by atoms with Gasteiger partial charge in [0.15, 0.2) is 5.96 Å². The van der Waals surface area contributed by atoms with Gasteiger partial charge in [0.25, 0.3) is 0 Å². The zero-order valence-corrected chi connectivity index (χ0v) is 15.3. The van der Waals surface area contributed by atoms with Crippen molar-refractivity contribution in [2.24, 2.45) is 10.4 Å². The fraction of sp³-hybridized carbons (Fsp3) is 0.933. The van der Waals surface area contributed by atoms with Crippen molar-refractivity contribution in [2.45, 2.75) is 45.4 Å². The molecule has 2 aliphatic rings. The van der Waals surface area contributed by atoms with Gasteiger partial charge in [0, 0.05) is 39.9 Å². The summed E-state index contributed by atoms with van der Waals surface area (Å²) in [6.07, 6.45) is 8.09. The zero-order chi connectivity index (χ0) is 13.6. The second kappa shape index (κ2) is 9.07. The van der Waals surface area contributed by atoms with Gasteiger partial charge in [-0.25, -0.2) is 0 Å². The zero-order valence-electron chi connectivity index (χ0n) is 13.0. The van der Waals surface area contributed by atoms with Crippen molar-refractivity contribution in [1.82, 2.24) is 10.2 Å². The lowest BCUT2D eigenvalue weighted by Gasteiger charge is -2.25. The Balaban J connectivity index is 0.00000200. The molecule has 5 heteroatoms. The molecule has 4 nitrogen and oxygen atoms in total. The van der Waals surface area contributed by atoms with Gasteiger partial charge in [0.1, 0.15) is 0 Å². The molecule has 2 fully saturated rings. The minimum absolute atomic E-state index is 0. The van der Waals surface area contributed by atoms with Gasteiger partial charge in [-0.15, -0.1) is 24.0 Å². The molecule has 1 heterocycles. The van der Waals surface area contributed by atoms with Gasteiger partial charge in [0.05, 0.1) is 0 Å². The van der Waals surface area contributed by atoms with E-state index in [-0.39, 0.29) is 24.0 Å². The van der Waals surface area contributed by atoms with E-state index in [2.05, 4.69) is 15.2 Å². The van der Waals surface area contributed by atoms with Crippen LogP contribution >= 0.6 is 24.0 Å². The van der Waals surface area contributed by atoms with Crippen molar-refractivity contribution in [3.63, 3.8) is 0 Å². The summed E-state index contributed by atoms with van der Waals surface area (Å²) in [5.74, 6) is 1.08. The molecule has 0 amide bonds. The first-order valence-corrected chi connectivity index (χ1v) is 7.83. The summed E-state index contributed by atoms with van der Waals surface area (Å²) in [7, 11) is 1.89. The van der Waals surface area contributed by atoms with E-state index in [4.69, 9.17) is 4.74 Å². The minimum atomic E-state index is 0. The van der Waals surface area contributed by atoms with Crippen molar-refractivity contribution >= 4 is 29.9 Å². The normalized spacial score (nSPS) is 21.3. The highest BCUT2D eigenvalue weighted by molar-refractivity contribution is 14.0. The fourth-order valence-electron chi connectivity index (χ4n) is 3.50. The fourth-order valence-corrected chi connectivity index (χ4v) is 3.50. The molecule has 1 spiro atoms. The van der Waals surface area contributed by atoms with E-state index in [0.717, 1.165) is 32.1 Å². The monoisotopic (exact) mass is 395 g/mol. The van der Waals surface area contributed by atoms with Crippen molar-refractivity contribution < 1.29 is 4.74 Å². The number of hydrogen-bond acceptors (Lipinski definition) is 2. The molecule has 1 saturated carbocycles. The Hall–Kier alpha value is -0.0400. The first-order valence-electron chi connectivity index (χ1n) is 7.83. The molecule has 0 aromatic rings. The van der Waals surface area contributed by atoms with Crippen LogP contribution in [0, 0.1) is 5.41 Å². The second-order valence-electron chi connectivity index (χ2n) is 5.90. The average molecular weight is 395 g/mol. The third-order valence-electron chi connectivity index (χ3n) is 4.57. The molecule has 20 heavy (non-hydrogen) atoms. The number of ether oxygens (including phenoxy) is 1. The summed E-state index contributed by atoms with van der Waals surface area (Å²) >= 11 is 0. The largest absolute Gasteiger partial charge is 0.382 e. The number of halogens is 1. The molecule has 118 valence electrons. The Morgan fingerprint density at radius 1 is 1.30 bits per heavy atom. The first kappa shape index (κ1) is 18.0. The molecule has 0 atom stereocenters. The number of likely N-dealkylation sites (tertiary alicyclic amines) is 1. The van der Waals surface area contributed by atoms with E-state index < -0.39 is 0 Å². The first-order chi connectivity index (χ1) is 9.29. The molecule has 1 aliphatic carbocycles. The van der Waals surface area contributed by atoms with Crippen LogP contribution in [0.3, 0.4) is 0 Å². The van der Waals surface area contributed by atoms with Gasteiger partial charge in [-0.1, -0.05) is 12.8 Å². The summed E-state index contributed by atoms with van der Waals surface area (Å²) in [4.78, 5) is 6.88. The minimum Gasteiger partial charge on any atom is -0.382 e. The van der Waals surface area contributed by atoms with Crippen molar-refractivity contribution in [1.29, 1.82) is 0 Å². The van der Waals surface area contributed by atoms with E-state index in [0.29, 0.717) is 5.41 Å². The average Bonchev–Trinajstić information content (AvgIpc) is 3.05. The standard InChI is InChI=1S/C15H29N3O.HI/c1-3-19-12-6-10-17-14(16-2)18-11-9-15(13-18)7-4-5-8-15;/h3-13H2,1-2H3,(H,16,17);1H. The summed E-state index contributed by atoms with van der Waals surface area (Å²) < 4.78 is 5.36. The van der Waals surface area contributed by atoms with E-state index in [1.807, 2.05) is 14.0 Å². The number of nitrogens with one attached hydrogen (secondary N) is 1. The van der Waals surface area contributed by atoms with E-state index >= 15 is 0 Å². The molecule has 0 aromatic heterocycles. The molecule has 2 rings (SSSR count). The molecule has 0 bridgehead atoms. The Labute approximate surface area is 140 Å². The Kier molecular flexibility index (Phi) is 8.17. The highest BCUT2D eigenvalue weighted by Crippen LogP contribution is 2.45. The van der Waals surface area contributed by atoms with Gasteiger partial charge in [0.2, 0.25) is 0 Å². The van der Waals surface area contributed by atoms with Crippen LogP contribution in [0.5, 0.6) is 0 Å². The highest BCUT2D eigenvalue weighted by Gasteiger charge is 2.40. The Morgan fingerprint density at radius 3 is 2.70 bits per heavy atom. The number of rotatable bonds is 5. The van der Waals surface area contributed by atoms with E-state index in [1.54, 1.807) is 0 Å². The third-order valence-corrected chi connectivity index (χ3v) is 4.57. The molecule has 0 unspecified atom stereocenters. The summed E-state index contributed by atoms with van der Waals surface area (Å²) in [6.45, 7) is 7.02. The van der Waals surface area contributed by atoms with Gasteiger partial charge < -0.3 is 15.0 Å². The van der Waals surface area contributed by atoms with Gasteiger partial charge >= 0.3 is 0 Å². The van der Waals surface area contributed by atoms with E-state index in [1.165, 1.54) is 45.2 Å². The molecule has 0 radical (unpaired) electrons. The predicted molar refractivity (Wildman–Crippen MR) is 95.0 cm³/mol. The third kappa shape index (κ3) is 4.76. The highest BCUT2D eigenvalue weighted by atomic mass is 127. The number of hydrogen-bond donors (Lipinski definition) is 1. The molecule has 1 N–H and O–H groups in total. The van der Waals surface area contributed by atoms with Crippen LogP contribution in [0.15, 0.2) is 4.99 Å². The van der Waals surface area contributed by atoms with E-state index in [9.17, 15) is 0 Å². The predicted octanol–water partition coefficient (Wildman–Crippen LogP) is 2.87. The lowest BCUT2D eigenvalue weighted by Crippen LogP contribution is -2.41. The second-order valence-corrected chi connectivity index (χ2v) is 5.90. The SMILES string of the molecule is CCOCCCNC(=NC)N1CCC2(CCCC2)C1.I. The maximum absolute atomic E-state index is 5.36. The molecular formula is C15H30IN3O. The Bertz CT molecular complexity index is 303. The van der Waals surface area contributed by atoms with Crippen LogP contribution in [0.25, 0.3) is 0 Å². The summed E-state index contributed by atoms with van der Waals surface area (Å²) in [5, 5.41) is 3.47. The quantitative estimate of drug-likeness (QED) is 0.337. The van der Waals surface area contributed by atoms with Crippen LogP contribution < -0.4 is 5.32 Å². The van der Waals surface area contributed by atoms with Crippen LogP contribution in [-0.4, -0.2) is 50.8 Å². The van der Waals surface area contributed by atoms with Gasteiger partial charge in [-0.05, 0) is 38.0 Å². The summed E-state index contributed by atoms with van der Waals surface area (Å²) in [5.41, 5.74) is 0.614. The molecule has 1 saturated heterocycles.